The number of ether oxygens (including phenoxy) is 3. The molecule has 0 bridgehead atoms. The molecule has 82 valence electrons. The molecule has 1 heterocycles. The van der Waals surface area contributed by atoms with E-state index in [-0.39, 0.29) is 0 Å². The van der Waals surface area contributed by atoms with E-state index in [4.69, 9.17) is 14.2 Å². The molecule has 0 radical (unpaired) electrons. The van der Waals surface area contributed by atoms with Crippen molar-refractivity contribution in [1.82, 2.24) is 0 Å². The first-order chi connectivity index (χ1) is 7.33. The minimum Gasteiger partial charge on any atom is -0.493 e. The van der Waals surface area contributed by atoms with Gasteiger partial charge in [-0.2, -0.15) is 0 Å². The standard InChI is InChI=1S/C12H16O3/c1-3-14-12-7-9(6-10-8-15-10)4-5-11(12)13-2/h4-5,7,10H,3,6,8H2,1-2H3. The molecule has 0 aliphatic carbocycles. The maximum Gasteiger partial charge on any atom is 0.161 e. The molecular weight excluding hydrogens is 192 g/mol. The summed E-state index contributed by atoms with van der Waals surface area (Å²) in [7, 11) is 1.65. The van der Waals surface area contributed by atoms with E-state index in [9.17, 15) is 0 Å². The van der Waals surface area contributed by atoms with Crippen LogP contribution in [-0.2, 0) is 11.2 Å². The van der Waals surface area contributed by atoms with Gasteiger partial charge >= 0.3 is 0 Å². The Bertz CT molecular complexity index is 332. The molecule has 0 amide bonds. The minimum atomic E-state index is 0.410. The monoisotopic (exact) mass is 208 g/mol. The normalized spacial score (nSPS) is 18.7. The van der Waals surface area contributed by atoms with Gasteiger partial charge < -0.3 is 14.2 Å². The van der Waals surface area contributed by atoms with Gasteiger partial charge in [0.1, 0.15) is 0 Å². The average molecular weight is 208 g/mol. The van der Waals surface area contributed by atoms with E-state index in [1.165, 1.54) is 5.56 Å². The van der Waals surface area contributed by atoms with Crippen molar-refractivity contribution in [3.63, 3.8) is 0 Å². The molecule has 1 aromatic carbocycles. The zero-order chi connectivity index (χ0) is 10.7. The fraction of sp³-hybridized carbons (Fsp3) is 0.500. The molecule has 15 heavy (non-hydrogen) atoms. The maximum atomic E-state index is 5.50. The van der Waals surface area contributed by atoms with Gasteiger partial charge in [-0.3, -0.25) is 0 Å². The van der Waals surface area contributed by atoms with Gasteiger partial charge in [-0.1, -0.05) is 6.07 Å². The van der Waals surface area contributed by atoms with E-state index in [1.807, 2.05) is 19.1 Å². The Kier molecular flexibility index (Phi) is 3.11. The van der Waals surface area contributed by atoms with E-state index in [0.717, 1.165) is 24.5 Å². The Balaban J connectivity index is 2.14. The van der Waals surface area contributed by atoms with Crippen LogP contribution in [0.5, 0.6) is 11.5 Å². The lowest BCUT2D eigenvalue weighted by molar-refractivity contribution is 0.310. The van der Waals surface area contributed by atoms with Crippen molar-refractivity contribution in [2.75, 3.05) is 20.3 Å². The summed E-state index contributed by atoms with van der Waals surface area (Å²) in [6, 6.07) is 6.04. The highest BCUT2D eigenvalue weighted by Gasteiger charge is 2.23. The van der Waals surface area contributed by atoms with Gasteiger partial charge in [0.15, 0.2) is 11.5 Å². The van der Waals surface area contributed by atoms with Crippen molar-refractivity contribution in [2.24, 2.45) is 0 Å². The molecule has 2 rings (SSSR count). The SMILES string of the molecule is CCOc1cc(CC2CO2)ccc1OC. The molecule has 3 nitrogen and oxygen atoms in total. The summed E-state index contributed by atoms with van der Waals surface area (Å²) in [6.45, 7) is 3.51. The van der Waals surface area contributed by atoms with Crippen molar-refractivity contribution in [2.45, 2.75) is 19.4 Å². The summed E-state index contributed by atoms with van der Waals surface area (Å²) in [5.41, 5.74) is 1.24. The van der Waals surface area contributed by atoms with E-state index in [1.54, 1.807) is 7.11 Å². The Labute approximate surface area is 90.0 Å². The quantitative estimate of drug-likeness (QED) is 0.694. The molecule has 1 aliphatic rings. The molecule has 1 aromatic rings. The maximum absolute atomic E-state index is 5.50. The fourth-order valence-electron chi connectivity index (χ4n) is 1.57. The first-order valence-electron chi connectivity index (χ1n) is 5.24. The predicted molar refractivity (Wildman–Crippen MR) is 57.6 cm³/mol. The fourth-order valence-corrected chi connectivity index (χ4v) is 1.57. The van der Waals surface area contributed by atoms with Crippen LogP contribution in [0.4, 0.5) is 0 Å². The van der Waals surface area contributed by atoms with Crippen LogP contribution in [-0.4, -0.2) is 26.4 Å². The number of rotatable bonds is 5. The molecule has 0 aromatic heterocycles. The summed E-state index contributed by atoms with van der Waals surface area (Å²) >= 11 is 0. The Hall–Kier alpha value is -1.22. The summed E-state index contributed by atoms with van der Waals surface area (Å²) < 4.78 is 15.9. The zero-order valence-corrected chi connectivity index (χ0v) is 9.16. The van der Waals surface area contributed by atoms with Crippen LogP contribution in [0.25, 0.3) is 0 Å². The molecular formula is C12H16O3. The van der Waals surface area contributed by atoms with Crippen molar-refractivity contribution in [1.29, 1.82) is 0 Å². The Morgan fingerprint density at radius 1 is 1.40 bits per heavy atom. The van der Waals surface area contributed by atoms with Crippen molar-refractivity contribution >= 4 is 0 Å². The van der Waals surface area contributed by atoms with Crippen LogP contribution in [0.2, 0.25) is 0 Å². The van der Waals surface area contributed by atoms with Crippen LogP contribution in [0.3, 0.4) is 0 Å². The Morgan fingerprint density at radius 3 is 2.80 bits per heavy atom. The topological polar surface area (TPSA) is 31.0 Å². The van der Waals surface area contributed by atoms with Crippen LogP contribution in [0.1, 0.15) is 12.5 Å². The molecule has 1 saturated heterocycles. The molecule has 0 saturated carbocycles. The van der Waals surface area contributed by atoms with Gasteiger partial charge in [-0.25, -0.2) is 0 Å². The highest BCUT2D eigenvalue weighted by atomic mass is 16.6. The molecule has 0 N–H and O–H groups in total. The first kappa shape index (κ1) is 10.3. The number of methoxy groups -OCH3 is 1. The van der Waals surface area contributed by atoms with Gasteiger partial charge in [-0.15, -0.1) is 0 Å². The molecule has 1 atom stereocenters. The second kappa shape index (κ2) is 4.53. The highest BCUT2D eigenvalue weighted by molar-refractivity contribution is 5.43. The van der Waals surface area contributed by atoms with Crippen molar-refractivity contribution in [3.8, 4) is 11.5 Å². The largest absolute Gasteiger partial charge is 0.493 e. The zero-order valence-electron chi connectivity index (χ0n) is 9.16. The lowest BCUT2D eigenvalue weighted by Crippen LogP contribution is -1.98. The summed E-state index contributed by atoms with van der Waals surface area (Å²) in [5.74, 6) is 1.61. The molecule has 3 heteroatoms. The van der Waals surface area contributed by atoms with Crippen LogP contribution < -0.4 is 9.47 Å². The van der Waals surface area contributed by atoms with Gasteiger partial charge in [0.05, 0.1) is 26.4 Å². The summed E-state index contributed by atoms with van der Waals surface area (Å²) in [4.78, 5) is 0. The number of epoxide rings is 1. The number of benzene rings is 1. The molecule has 1 fully saturated rings. The smallest absolute Gasteiger partial charge is 0.161 e. The van der Waals surface area contributed by atoms with Gasteiger partial charge in [0.2, 0.25) is 0 Å². The van der Waals surface area contributed by atoms with E-state index in [2.05, 4.69) is 6.07 Å². The van der Waals surface area contributed by atoms with Gasteiger partial charge in [0, 0.05) is 6.42 Å². The molecule has 1 unspecified atom stereocenters. The van der Waals surface area contributed by atoms with Crippen molar-refractivity contribution in [3.05, 3.63) is 23.8 Å². The highest BCUT2D eigenvalue weighted by Crippen LogP contribution is 2.29. The predicted octanol–water partition coefficient (Wildman–Crippen LogP) is 2.04. The molecule has 0 spiro atoms. The van der Waals surface area contributed by atoms with Crippen LogP contribution >= 0.6 is 0 Å². The lowest BCUT2D eigenvalue weighted by Gasteiger charge is -2.10. The van der Waals surface area contributed by atoms with E-state index < -0.39 is 0 Å². The third-order valence-electron chi connectivity index (χ3n) is 2.39. The second-order valence-electron chi connectivity index (χ2n) is 3.58. The summed E-state index contributed by atoms with van der Waals surface area (Å²) in [5, 5.41) is 0. The third kappa shape index (κ3) is 2.63. The van der Waals surface area contributed by atoms with Crippen LogP contribution in [0, 0.1) is 0 Å². The van der Waals surface area contributed by atoms with E-state index >= 15 is 0 Å². The first-order valence-corrected chi connectivity index (χ1v) is 5.24. The summed E-state index contributed by atoms with van der Waals surface area (Å²) in [6.07, 6.45) is 1.37. The van der Waals surface area contributed by atoms with Gasteiger partial charge in [0.25, 0.3) is 0 Å². The molecule has 1 aliphatic heterocycles. The lowest BCUT2D eigenvalue weighted by atomic mass is 10.1. The Morgan fingerprint density at radius 2 is 2.20 bits per heavy atom. The second-order valence-corrected chi connectivity index (χ2v) is 3.58. The average Bonchev–Trinajstić information content (AvgIpc) is 3.03. The van der Waals surface area contributed by atoms with Crippen molar-refractivity contribution < 1.29 is 14.2 Å². The minimum absolute atomic E-state index is 0.410. The number of hydrogen-bond acceptors (Lipinski definition) is 3. The van der Waals surface area contributed by atoms with E-state index in [0.29, 0.717) is 12.7 Å². The third-order valence-corrected chi connectivity index (χ3v) is 2.39. The van der Waals surface area contributed by atoms with Gasteiger partial charge in [-0.05, 0) is 24.6 Å². The van der Waals surface area contributed by atoms with Crippen LogP contribution in [0.15, 0.2) is 18.2 Å². The number of hydrogen-bond donors (Lipinski definition) is 0.